The molecule has 0 amide bonds. The molecule has 0 aliphatic heterocycles. The van der Waals surface area contributed by atoms with Gasteiger partial charge in [0.25, 0.3) is 0 Å². The van der Waals surface area contributed by atoms with Gasteiger partial charge < -0.3 is 4.74 Å². The predicted octanol–water partition coefficient (Wildman–Crippen LogP) is 2.81. The van der Waals surface area contributed by atoms with E-state index in [2.05, 4.69) is 13.8 Å². The summed E-state index contributed by atoms with van der Waals surface area (Å²) >= 11 is 0. The first-order chi connectivity index (χ1) is 6.16. The zero-order valence-corrected chi connectivity index (χ0v) is 9.14. The first-order valence-electron chi connectivity index (χ1n) is 5.26. The lowest BCUT2D eigenvalue weighted by Crippen LogP contribution is -2.09. The van der Waals surface area contributed by atoms with Crippen molar-refractivity contribution in [3.63, 3.8) is 0 Å². The molecule has 0 spiro atoms. The molecule has 0 N–H and O–H groups in total. The van der Waals surface area contributed by atoms with Gasteiger partial charge >= 0.3 is 0 Å². The number of ketones is 1. The van der Waals surface area contributed by atoms with Gasteiger partial charge in [0.05, 0.1) is 0 Å². The van der Waals surface area contributed by atoms with Crippen molar-refractivity contribution >= 4 is 5.78 Å². The lowest BCUT2D eigenvalue weighted by molar-refractivity contribution is -0.123. The minimum absolute atomic E-state index is 0.245. The maximum absolute atomic E-state index is 11.2. The molecule has 0 rings (SSSR count). The highest BCUT2D eigenvalue weighted by Gasteiger charge is 2.02. The Kier molecular flexibility index (Phi) is 8.00. The molecule has 0 aliphatic carbocycles. The average molecular weight is 186 g/mol. The maximum Gasteiger partial charge on any atom is 0.158 e. The smallest absolute Gasteiger partial charge is 0.158 e. The Bertz CT molecular complexity index is 130. The summed E-state index contributed by atoms with van der Waals surface area (Å²) in [5.74, 6) is 0.943. The Balaban J connectivity index is 3.20. The molecule has 0 aliphatic rings. The van der Waals surface area contributed by atoms with E-state index in [1.54, 1.807) is 0 Å². The summed E-state index contributed by atoms with van der Waals surface area (Å²) in [5.41, 5.74) is 0. The van der Waals surface area contributed by atoms with Gasteiger partial charge in [-0.25, -0.2) is 0 Å². The van der Waals surface area contributed by atoms with E-state index in [1.807, 2.05) is 6.92 Å². The summed E-state index contributed by atoms with van der Waals surface area (Å²) in [7, 11) is 0. The third-order valence-corrected chi connectivity index (χ3v) is 1.85. The van der Waals surface area contributed by atoms with Crippen LogP contribution in [-0.2, 0) is 9.53 Å². The van der Waals surface area contributed by atoms with Crippen LogP contribution in [0.1, 0.15) is 46.5 Å². The number of Topliss-reactive ketones (excluding diaryl/α,β-unsaturated/α-hetero) is 1. The lowest BCUT2D eigenvalue weighted by Gasteiger charge is -2.04. The zero-order chi connectivity index (χ0) is 10.1. The van der Waals surface area contributed by atoms with Crippen LogP contribution in [0.25, 0.3) is 0 Å². The van der Waals surface area contributed by atoms with Crippen LogP contribution in [0.15, 0.2) is 0 Å². The van der Waals surface area contributed by atoms with E-state index < -0.39 is 0 Å². The van der Waals surface area contributed by atoms with E-state index in [0.717, 1.165) is 19.3 Å². The second-order valence-corrected chi connectivity index (χ2v) is 3.88. The molecule has 0 aromatic carbocycles. The highest BCUT2D eigenvalue weighted by atomic mass is 16.5. The highest BCUT2D eigenvalue weighted by Crippen LogP contribution is 2.06. The van der Waals surface area contributed by atoms with Crippen molar-refractivity contribution in [1.29, 1.82) is 0 Å². The Morgan fingerprint density at radius 3 is 2.62 bits per heavy atom. The SMILES string of the molecule is CCCOCC(=O)CCCC(C)C. The van der Waals surface area contributed by atoms with Gasteiger partial charge in [-0.3, -0.25) is 4.79 Å². The number of carbonyl (C=O) groups is 1. The van der Waals surface area contributed by atoms with Gasteiger partial charge in [0, 0.05) is 13.0 Å². The summed E-state index contributed by atoms with van der Waals surface area (Å²) in [4.78, 5) is 11.2. The minimum atomic E-state index is 0.245. The van der Waals surface area contributed by atoms with Crippen LogP contribution in [0.4, 0.5) is 0 Å². The van der Waals surface area contributed by atoms with E-state index in [-0.39, 0.29) is 5.78 Å². The summed E-state index contributed by atoms with van der Waals surface area (Å²) in [6.45, 7) is 7.42. The van der Waals surface area contributed by atoms with E-state index in [9.17, 15) is 4.79 Å². The molecule has 0 aromatic rings. The monoisotopic (exact) mass is 186 g/mol. The quantitative estimate of drug-likeness (QED) is 0.545. The summed E-state index contributed by atoms with van der Waals surface area (Å²) < 4.78 is 5.15. The highest BCUT2D eigenvalue weighted by molar-refractivity contribution is 5.79. The average Bonchev–Trinajstić information content (AvgIpc) is 2.04. The topological polar surface area (TPSA) is 26.3 Å². The Hall–Kier alpha value is -0.370. The molecule has 78 valence electrons. The van der Waals surface area contributed by atoms with E-state index in [4.69, 9.17) is 4.74 Å². The first-order valence-corrected chi connectivity index (χ1v) is 5.26. The predicted molar refractivity (Wildman–Crippen MR) is 54.8 cm³/mol. The maximum atomic E-state index is 11.2. The van der Waals surface area contributed by atoms with Gasteiger partial charge in [-0.05, 0) is 18.8 Å². The second-order valence-electron chi connectivity index (χ2n) is 3.88. The van der Waals surface area contributed by atoms with E-state index >= 15 is 0 Å². The molecule has 0 atom stereocenters. The van der Waals surface area contributed by atoms with Crippen LogP contribution in [-0.4, -0.2) is 19.0 Å². The molecule has 0 aromatic heterocycles. The van der Waals surface area contributed by atoms with Crippen molar-refractivity contribution < 1.29 is 9.53 Å². The van der Waals surface area contributed by atoms with Gasteiger partial charge in [-0.1, -0.05) is 27.2 Å². The van der Waals surface area contributed by atoms with Crippen molar-refractivity contribution in [2.24, 2.45) is 5.92 Å². The molecule has 0 saturated heterocycles. The van der Waals surface area contributed by atoms with Crippen LogP contribution in [0.2, 0.25) is 0 Å². The Morgan fingerprint density at radius 2 is 2.08 bits per heavy atom. The van der Waals surface area contributed by atoms with Gasteiger partial charge in [-0.15, -0.1) is 0 Å². The van der Waals surface area contributed by atoms with Crippen LogP contribution in [0.5, 0.6) is 0 Å². The molecule has 2 heteroatoms. The molecular weight excluding hydrogens is 164 g/mol. The first kappa shape index (κ1) is 12.6. The molecule has 0 fully saturated rings. The summed E-state index contributed by atoms with van der Waals surface area (Å²) in [5, 5.41) is 0. The van der Waals surface area contributed by atoms with Gasteiger partial charge in [-0.2, -0.15) is 0 Å². The number of carbonyl (C=O) groups excluding carboxylic acids is 1. The van der Waals surface area contributed by atoms with Gasteiger partial charge in [0.2, 0.25) is 0 Å². The minimum Gasteiger partial charge on any atom is -0.374 e. The van der Waals surface area contributed by atoms with Crippen molar-refractivity contribution in [2.75, 3.05) is 13.2 Å². The fraction of sp³-hybridized carbons (Fsp3) is 0.909. The van der Waals surface area contributed by atoms with Crippen molar-refractivity contribution in [1.82, 2.24) is 0 Å². The third-order valence-electron chi connectivity index (χ3n) is 1.85. The third kappa shape index (κ3) is 9.54. The number of rotatable bonds is 8. The number of hydrogen-bond donors (Lipinski definition) is 0. The molecule has 0 radical (unpaired) electrons. The van der Waals surface area contributed by atoms with Crippen LogP contribution < -0.4 is 0 Å². The lowest BCUT2D eigenvalue weighted by atomic mass is 10.1. The summed E-state index contributed by atoms with van der Waals surface area (Å²) in [6, 6.07) is 0. The fourth-order valence-corrected chi connectivity index (χ4v) is 1.11. The van der Waals surface area contributed by atoms with Crippen LogP contribution in [0, 0.1) is 5.92 Å². The number of hydrogen-bond acceptors (Lipinski definition) is 2. The van der Waals surface area contributed by atoms with Crippen molar-refractivity contribution in [3.8, 4) is 0 Å². The standard InChI is InChI=1S/C11H22O2/c1-4-8-13-9-11(12)7-5-6-10(2)3/h10H,4-9H2,1-3H3. The Morgan fingerprint density at radius 1 is 1.38 bits per heavy atom. The van der Waals surface area contributed by atoms with Crippen LogP contribution >= 0.6 is 0 Å². The Labute approximate surface area is 81.7 Å². The second kappa shape index (κ2) is 8.24. The molecule has 0 saturated carbocycles. The van der Waals surface area contributed by atoms with E-state index in [0.29, 0.717) is 25.6 Å². The normalized spacial score (nSPS) is 10.8. The van der Waals surface area contributed by atoms with Gasteiger partial charge in [0.1, 0.15) is 6.61 Å². The largest absolute Gasteiger partial charge is 0.374 e. The molecule has 0 bridgehead atoms. The van der Waals surface area contributed by atoms with E-state index in [1.165, 1.54) is 0 Å². The molecule has 13 heavy (non-hydrogen) atoms. The molecule has 0 unspecified atom stereocenters. The molecule has 0 heterocycles. The van der Waals surface area contributed by atoms with Crippen LogP contribution in [0.3, 0.4) is 0 Å². The van der Waals surface area contributed by atoms with Crippen molar-refractivity contribution in [3.05, 3.63) is 0 Å². The molecule has 2 nitrogen and oxygen atoms in total. The fourth-order valence-electron chi connectivity index (χ4n) is 1.11. The zero-order valence-electron chi connectivity index (χ0n) is 9.14. The summed E-state index contributed by atoms with van der Waals surface area (Å²) in [6.07, 6.45) is 3.81. The van der Waals surface area contributed by atoms with Crippen molar-refractivity contribution in [2.45, 2.75) is 46.5 Å². The molecular formula is C11H22O2. The number of ether oxygens (including phenoxy) is 1. The van der Waals surface area contributed by atoms with Gasteiger partial charge in [0.15, 0.2) is 5.78 Å².